The summed E-state index contributed by atoms with van der Waals surface area (Å²) in [5, 5.41) is 11.2. The zero-order valence-corrected chi connectivity index (χ0v) is 7.25. The van der Waals surface area contributed by atoms with Gasteiger partial charge in [0.05, 0.1) is 0 Å². The van der Waals surface area contributed by atoms with Gasteiger partial charge in [-0.1, -0.05) is 0 Å². The van der Waals surface area contributed by atoms with Crippen molar-refractivity contribution in [3.8, 4) is 5.82 Å². The number of nitrogens with one attached hydrogen (secondary N) is 1. The zero-order chi connectivity index (χ0) is 9.97. The molecule has 0 aliphatic carbocycles. The molecule has 0 radical (unpaired) electrons. The summed E-state index contributed by atoms with van der Waals surface area (Å²) in [7, 11) is 0. The Balaban J connectivity index is 2.46. The lowest BCUT2D eigenvalue weighted by Crippen LogP contribution is -2.12. The van der Waals surface area contributed by atoms with Crippen molar-refractivity contribution in [2.45, 2.75) is 0 Å². The summed E-state index contributed by atoms with van der Waals surface area (Å²) in [6.45, 7) is 0. The first kappa shape index (κ1) is 8.36. The molecule has 0 aliphatic rings. The first-order chi connectivity index (χ1) is 6.77. The number of rotatable bonds is 2. The molecule has 2 rings (SSSR count). The van der Waals surface area contributed by atoms with Crippen LogP contribution in [0.1, 0.15) is 5.56 Å². The van der Waals surface area contributed by atoms with E-state index in [0.29, 0.717) is 11.4 Å². The first-order valence-electron chi connectivity index (χ1n) is 3.93. The van der Waals surface area contributed by atoms with Crippen LogP contribution in [0.3, 0.4) is 0 Å². The van der Waals surface area contributed by atoms with Gasteiger partial charge >= 0.3 is 0 Å². The smallest absolute Gasteiger partial charge is 0.155 e. The summed E-state index contributed by atoms with van der Waals surface area (Å²) in [4.78, 5) is 7.87. The molecule has 2 heterocycles. The van der Waals surface area contributed by atoms with E-state index in [1.165, 1.54) is 17.3 Å². The van der Waals surface area contributed by atoms with Gasteiger partial charge in [0.1, 0.15) is 18.5 Å². The summed E-state index contributed by atoms with van der Waals surface area (Å²) >= 11 is 0. The van der Waals surface area contributed by atoms with Crippen molar-refractivity contribution in [3.05, 3.63) is 36.5 Å². The zero-order valence-electron chi connectivity index (χ0n) is 7.25. The summed E-state index contributed by atoms with van der Waals surface area (Å²) in [6, 6.07) is 3.35. The third-order valence-electron chi connectivity index (χ3n) is 1.71. The van der Waals surface area contributed by atoms with Crippen LogP contribution < -0.4 is 5.73 Å². The maximum Gasteiger partial charge on any atom is 0.155 e. The van der Waals surface area contributed by atoms with Crippen molar-refractivity contribution >= 4 is 5.84 Å². The highest BCUT2D eigenvalue weighted by molar-refractivity contribution is 5.95. The van der Waals surface area contributed by atoms with Crippen LogP contribution in [-0.4, -0.2) is 25.6 Å². The van der Waals surface area contributed by atoms with Gasteiger partial charge in [-0.05, 0) is 12.1 Å². The summed E-state index contributed by atoms with van der Waals surface area (Å²) in [6.07, 6.45) is 4.53. The number of amidine groups is 1. The number of nitrogen functional groups attached to an aromatic ring is 1. The van der Waals surface area contributed by atoms with Crippen molar-refractivity contribution in [1.29, 1.82) is 5.41 Å². The lowest BCUT2D eigenvalue weighted by molar-refractivity contribution is 0.845. The largest absolute Gasteiger partial charge is 0.384 e. The van der Waals surface area contributed by atoms with E-state index < -0.39 is 0 Å². The predicted molar refractivity (Wildman–Crippen MR) is 50.2 cm³/mol. The molecule has 2 aromatic rings. The molecule has 6 heteroatoms. The van der Waals surface area contributed by atoms with E-state index in [1.54, 1.807) is 18.3 Å². The van der Waals surface area contributed by atoms with Gasteiger partial charge in [-0.25, -0.2) is 14.6 Å². The predicted octanol–water partition coefficient (Wildman–Crippen LogP) is -0.0536. The van der Waals surface area contributed by atoms with Gasteiger partial charge in [-0.15, -0.1) is 0 Å². The maximum absolute atomic E-state index is 7.26. The van der Waals surface area contributed by atoms with Crippen molar-refractivity contribution in [1.82, 2.24) is 19.7 Å². The highest BCUT2D eigenvalue weighted by atomic mass is 15.3. The monoisotopic (exact) mass is 188 g/mol. The molecule has 0 fully saturated rings. The second kappa shape index (κ2) is 3.25. The van der Waals surface area contributed by atoms with Gasteiger partial charge in [-0.3, -0.25) is 5.41 Å². The fraction of sp³-hybridized carbons (Fsp3) is 0. The molecular weight excluding hydrogens is 180 g/mol. The fourth-order valence-corrected chi connectivity index (χ4v) is 1.04. The van der Waals surface area contributed by atoms with Gasteiger partial charge in [0.25, 0.3) is 0 Å². The Hall–Kier alpha value is -2.24. The van der Waals surface area contributed by atoms with E-state index >= 15 is 0 Å². The topological polar surface area (TPSA) is 93.5 Å². The Morgan fingerprint density at radius 2 is 2.36 bits per heavy atom. The van der Waals surface area contributed by atoms with E-state index in [0.717, 1.165) is 0 Å². The molecule has 3 N–H and O–H groups in total. The molecule has 0 spiro atoms. The summed E-state index contributed by atoms with van der Waals surface area (Å²) < 4.78 is 1.51. The highest BCUT2D eigenvalue weighted by Gasteiger charge is 2.01. The standard InChI is InChI=1S/C8H8N6/c9-8(10)6-1-2-12-7(3-6)14-5-11-4-13-14/h1-5H,(H3,9,10). The summed E-state index contributed by atoms with van der Waals surface area (Å²) in [5.74, 6) is 0.601. The average molecular weight is 188 g/mol. The molecule has 6 nitrogen and oxygen atoms in total. The number of hydrogen-bond acceptors (Lipinski definition) is 4. The number of hydrogen-bond donors (Lipinski definition) is 2. The van der Waals surface area contributed by atoms with Gasteiger partial charge in [0.15, 0.2) is 5.82 Å². The number of pyridine rings is 1. The lowest BCUT2D eigenvalue weighted by atomic mass is 10.2. The summed E-state index contributed by atoms with van der Waals surface area (Å²) in [5.41, 5.74) is 5.96. The molecule has 2 aromatic heterocycles. The molecular formula is C8H8N6. The van der Waals surface area contributed by atoms with Crippen LogP contribution in [0.5, 0.6) is 0 Å². The van der Waals surface area contributed by atoms with Crippen LogP contribution >= 0.6 is 0 Å². The molecule has 0 amide bonds. The lowest BCUT2D eigenvalue weighted by Gasteiger charge is -2.01. The fourth-order valence-electron chi connectivity index (χ4n) is 1.04. The number of aromatic nitrogens is 4. The average Bonchev–Trinajstić information content (AvgIpc) is 2.71. The number of nitrogens with zero attached hydrogens (tertiary/aromatic N) is 4. The van der Waals surface area contributed by atoms with Gasteiger partial charge in [0, 0.05) is 11.8 Å². The SMILES string of the molecule is N=C(N)c1ccnc(-n2cncn2)c1. The van der Waals surface area contributed by atoms with Crippen LogP contribution in [0, 0.1) is 5.41 Å². The van der Waals surface area contributed by atoms with Crippen molar-refractivity contribution in [2.75, 3.05) is 0 Å². The van der Waals surface area contributed by atoms with Gasteiger partial charge < -0.3 is 5.73 Å². The van der Waals surface area contributed by atoms with E-state index in [2.05, 4.69) is 15.1 Å². The van der Waals surface area contributed by atoms with Gasteiger partial charge in [-0.2, -0.15) is 5.10 Å². The first-order valence-corrected chi connectivity index (χ1v) is 3.93. The molecule has 0 bridgehead atoms. The van der Waals surface area contributed by atoms with Gasteiger partial charge in [0.2, 0.25) is 0 Å². The molecule has 0 aromatic carbocycles. The molecule has 0 saturated carbocycles. The normalized spacial score (nSPS) is 10.0. The van der Waals surface area contributed by atoms with Crippen LogP contribution in [0.15, 0.2) is 31.0 Å². The Kier molecular flexibility index (Phi) is 1.94. The van der Waals surface area contributed by atoms with Crippen LogP contribution in [-0.2, 0) is 0 Å². The Bertz CT molecular complexity index is 447. The molecule has 0 unspecified atom stereocenters. The minimum absolute atomic E-state index is 0.00812. The van der Waals surface area contributed by atoms with Crippen LogP contribution in [0.2, 0.25) is 0 Å². The quantitative estimate of drug-likeness (QED) is 0.510. The van der Waals surface area contributed by atoms with E-state index in [9.17, 15) is 0 Å². The van der Waals surface area contributed by atoms with Crippen molar-refractivity contribution < 1.29 is 0 Å². The second-order valence-corrected chi connectivity index (χ2v) is 2.66. The van der Waals surface area contributed by atoms with Crippen LogP contribution in [0.25, 0.3) is 5.82 Å². The minimum Gasteiger partial charge on any atom is -0.384 e. The van der Waals surface area contributed by atoms with Crippen molar-refractivity contribution in [2.24, 2.45) is 5.73 Å². The maximum atomic E-state index is 7.26. The number of nitrogens with two attached hydrogens (primary N) is 1. The minimum atomic E-state index is 0.00812. The molecule has 0 atom stereocenters. The Morgan fingerprint density at radius 3 is 3.00 bits per heavy atom. The third kappa shape index (κ3) is 1.45. The molecule has 14 heavy (non-hydrogen) atoms. The van der Waals surface area contributed by atoms with Crippen LogP contribution in [0.4, 0.5) is 0 Å². The molecule has 70 valence electrons. The molecule has 0 saturated heterocycles. The third-order valence-corrected chi connectivity index (χ3v) is 1.71. The second-order valence-electron chi connectivity index (χ2n) is 2.66. The highest BCUT2D eigenvalue weighted by Crippen LogP contribution is 2.04. The Labute approximate surface area is 79.9 Å². The van der Waals surface area contributed by atoms with E-state index in [4.69, 9.17) is 11.1 Å². The van der Waals surface area contributed by atoms with E-state index in [-0.39, 0.29) is 5.84 Å². The Morgan fingerprint density at radius 1 is 1.50 bits per heavy atom. The molecule has 0 aliphatic heterocycles. The van der Waals surface area contributed by atoms with E-state index in [1.807, 2.05) is 0 Å². The van der Waals surface area contributed by atoms with Crippen molar-refractivity contribution in [3.63, 3.8) is 0 Å².